The Hall–Kier alpha value is -1.16. The molecule has 0 saturated heterocycles. The lowest BCUT2D eigenvalue weighted by Crippen LogP contribution is -2.42. The third-order valence-electron chi connectivity index (χ3n) is 2.89. The third-order valence-corrected chi connectivity index (χ3v) is 2.89. The van der Waals surface area contributed by atoms with Crippen molar-refractivity contribution in [2.75, 3.05) is 6.61 Å². The molecule has 0 aliphatic heterocycles. The second-order valence-electron chi connectivity index (χ2n) is 4.36. The molecule has 0 bridgehead atoms. The molecule has 1 aliphatic carbocycles. The highest BCUT2D eigenvalue weighted by Gasteiger charge is 2.30. The summed E-state index contributed by atoms with van der Waals surface area (Å²) < 4.78 is 5.60. The molecular weight excluding hydrogens is 190 g/mol. The Morgan fingerprint density at radius 3 is 2.80 bits per heavy atom. The van der Waals surface area contributed by atoms with Crippen LogP contribution < -0.4 is 10.5 Å². The Labute approximate surface area is 89.9 Å². The van der Waals surface area contributed by atoms with Gasteiger partial charge in [0, 0.05) is 11.8 Å². The molecule has 1 fully saturated rings. The monoisotopic (exact) mass is 207 g/mol. The number of rotatable bonds is 3. The Kier molecular flexibility index (Phi) is 2.86. The minimum absolute atomic E-state index is 0.140. The van der Waals surface area contributed by atoms with Crippen molar-refractivity contribution in [2.24, 2.45) is 5.73 Å². The number of nitrogens with two attached hydrogens (primary N) is 1. The van der Waals surface area contributed by atoms with Gasteiger partial charge in [0.25, 0.3) is 0 Å². The number of nitrogens with zero attached hydrogens (tertiary/aromatic N) is 2. The van der Waals surface area contributed by atoms with Crippen molar-refractivity contribution >= 4 is 0 Å². The van der Waals surface area contributed by atoms with Crippen LogP contribution in [0.5, 0.6) is 5.88 Å². The van der Waals surface area contributed by atoms with Crippen LogP contribution in [0.2, 0.25) is 0 Å². The average Bonchev–Trinajstić information content (AvgIpc) is 2.63. The first-order valence-corrected chi connectivity index (χ1v) is 5.38. The van der Waals surface area contributed by atoms with Crippen molar-refractivity contribution in [1.82, 2.24) is 9.97 Å². The van der Waals surface area contributed by atoms with Crippen LogP contribution in [-0.2, 0) is 0 Å². The number of ether oxygens (including phenoxy) is 1. The van der Waals surface area contributed by atoms with Crippen LogP contribution in [0.15, 0.2) is 12.4 Å². The van der Waals surface area contributed by atoms with Gasteiger partial charge in [-0.3, -0.25) is 0 Å². The summed E-state index contributed by atoms with van der Waals surface area (Å²) in [4.78, 5) is 8.06. The first-order valence-electron chi connectivity index (χ1n) is 5.38. The van der Waals surface area contributed by atoms with E-state index in [1.54, 1.807) is 0 Å². The normalized spacial score (nSPS) is 19.1. The third kappa shape index (κ3) is 2.65. The van der Waals surface area contributed by atoms with Gasteiger partial charge in [0.05, 0.1) is 5.54 Å². The predicted molar refractivity (Wildman–Crippen MR) is 57.7 cm³/mol. The Morgan fingerprint density at radius 1 is 1.40 bits per heavy atom. The predicted octanol–water partition coefficient (Wildman–Crippen LogP) is 1.44. The molecule has 0 radical (unpaired) electrons. The first kappa shape index (κ1) is 10.4. The lowest BCUT2D eigenvalue weighted by molar-refractivity contribution is 0.213. The molecule has 4 nitrogen and oxygen atoms in total. The van der Waals surface area contributed by atoms with Crippen molar-refractivity contribution in [2.45, 2.75) is 38.1 Å². The van der Waals surface area contributed by atoms with Crippen LogP contribution in [0.3, 0.4) is 0 Å². The molecule has 2 rings (SSSR count). The SMILES string of the molecule is Cc1cc(OCC2(N)CCCC2)ncn1. The minimum atomic E-state index is -0.140. The van der Waals surface area contributed by atoms with Crippen molar-refractivity contribution in [3.05, 3.63) is 18.1 Å². The molecule has 0 atom stereocenters. The maximum Gasteiger partial charge on any atom is 0.216 e. The average molecular weight is 207 g/mol. The van der Waals surface area contributed by atoms with E-state index >= 15 is 0 Å². The minimum Gasteiger partial charge on any atom is -0.476 e. The number of hydrogen-bond acceptors (Lipinski definition) is 4. The Bertz CT molecular complexity index is 334. The van der Waals surface area contributed by atoms with Crippen molar-refractivity contribution in [3.8, 4) is 5.88 Å². The Balaban J connectivity index is 1.92. The van der Waals surface area contributed by atoms with Gasteiger partial charge in [-0.15, -0.1) is 0 Å². The van der Waals surface area contributed by atoms with Crippen molar-refractivity contribution in [1.29, 1.82) is 0 Å². The molecule has 82 valence electrons. The molecule has 0 aromatic carbocycles. The van der Waals surface area contributed by atoms with Gasteiger partial charge >= 0.3 is 0 Å². The van der Waals surface area contributed by atoms with E-state index in [1.807, 2.05) is 13.0 Å². The molecule has 1 saturated carbocycles. The van der Waals surface area contributed by atoms with Gasteiger partial charge in [-0.1, -0.05) is 12.8 Å². The van der Waals surface area contributed by atoms with E-state index in [1.165, 1.54) is 19.2 Å². The van der Waals surface area contributed by atoms with Crippen LogP contribution in [0, 0.1) is 6.92 Å². The van der Waals surface area contributed by atoms with E-state index < -0.39 is 0 Å². The molecular formula is C11H17N3O. The van der Waals surface area contributed by atoms with Crippen LogP contribution in [0.25, 0.3) is 0 Å². The van der Waals surface area contributed by atoms with Crippen molar-refractivity contribution < 1.29 is 4.74 Å². The summed E-state index contributed by atoms with van der Waals surface area (Å²) in [5.74, 6) is 0.624. The van der Waals surface area contributed by atoms with Gasteiger partial charge in [-0.25, -0.2) is 9.97 Å². The van der Waals surface area contributed by atoms with Crippen LogP contribution >= 0.6 is 0 Å². The molecule has 2 N–H and O–H groups in total. The fourth-order valence-electron chi connectivity index (χ4n) is 1.95. The number of aryl methyl sites for hydroxylation is 1. The number of hydrogen-bond donors (Lipinski definition) is 1. The zero-order valence-electron chi connectivity index (χ0n) is 9.07. The topological polar surface area (TPSA) is 61.0 Å². The maximum atomic E-state index is 6.18. The molecule has 0 amide bonds. The molecule has 4 heteroatoms. The van der Waals surface area contributed by atoms with E-state index in [0.29, 0.717) is 12.5 Å². The fourth-order valence-corrected chi connectivity index (χ4v) is 1.95. The maximum absolute atomic E-state index is 6.18. The van der Waals surface area contributed by atoms with Gasteiger partial charge < -0.3 is 10.5 Å². The summed E-state index contributed by atoms with van der Waals surface area (Å²) in [5.41, 5.74) is 6.95. The smallest absolute Gasteiger partial charge is 0.216 e. The highest BCUT2D eigenvalue weighted by Crippen LogP contribution is 2.27. The molecule has 0 spiro atoms. The van der Waals surface area contributed by atoms with Gasteiger partial charge in [0.15, 0.2) is 0 Å². The van der Waals surface area contributed by atoms with E-state index in [9.17, 15) is 0 Å². The largest absolute Gasteiger partial charge is 0.476 e. The lowest BCUT2D eigenvalue weighted by Gasteiger charge is -2.22. The van der Waals surface area contributed by atoms with Gasteiger partial charge in [0.1, 0.15) is 12.9 Å². The molecule has 15 heavy (non-hydrogen) atoms. The zero-order chi connectivity index (χ0) is 10.7. The zero-order valence-corrected chi connectivity index (χ0v) is 9.07. The molecule has 1 aliphatic rings. The van der Waals surface area contributed by atoms with E-state index in [0.717, 1.165) is 18.5 Å². The van der Waals surface area contributed by atoms with Crippen LogP contribution in [0.4, 0.5) is 0 Å². The summed E-state index contributed by atoms with van der Waals surface area (Å²) in [5, 5.41) is 0. The summed E-state index contributed by atoms with van der Waals surface area (Å²) in [6.45, 7) is 2.48. The van der Waals surface area contributed by atoms with Crippen LogP contribution in [0.1, 0.15) is 31.4 Å². The van der Waals surface area contributed by atoms with E-state index in [2.05, 4.69) is 9.97 Å². The summed E-state index contributed by atoms with van der Waals surface area (Å²) >= 11 is 0. The van der Waals surface area contributed by atoms with Gasteiger partial charge in [-0.2, -0.15) is 0 Å². The Morgan fingerprint density at radius 2 is 2.13 bits per heavy atom. The quantitative estimate of drug-likeness (QED) is 0.814. The molecule has 1 heterocycles. The van der Waals surface area contributed by atoms with Gasteiger partial charge in [-0.05, 0) is 19.8 Å². The highest BCUT2D eigenvalue weighted by molar-refractivity contribution is 5.12. The fraction of sp³-hybridized carbons (Fsp3) is 0.636. The van der Waals surface area contributed by atoms with Gasteiger partial charge in [0.2, 0.25) is 5.88 Å². The second kappa shape index (κ2) is 4.14. The number of aromatic nitrogens is 2. The summed E-state index contributed by atoms with van der Waals surface area (Å²) in [6, 6.07) is 1.83. The highest BCUT2D eigenvalue weighted by atomic mass is 16.5. The summed E-state index contributed by atoms with van der Waals surface area (Å²) in [7, 11) is 0. The molecule has 0 unspecified atom stereocenters. The second-order valence-corrected chi connectivity index (χ2v) is 4.36. The lowest BCUT2D eigenvalue weighted by atomic mass is 10.0. The van der Waals surface area contributed by atoms with E-state index in [-0.39, 0.29) is 5.54 Å². The molecule has 1 aromatic rings. The summed E-state index contributed by atoms with van der Waals surface area (Å²) in [6.07, 6.45) is 6.04. The van der Waals surface area contributed by atoms with Crippen LogP contribution in [-0.4, -0.2) is 22.1 Å². The first-order chi connectivity index (χ1) is 7.18. The van der Waals surface area contributed by atoms with E-state index in [4.69, 9.17) is 10.5 Å². The molecule has 1 aromatic heterocycles. The van der Waals surface area contributed by atoms with Crippen molar-refractivity contribution in [3.63, 3.8) is 0 Å². The standard InChI is InChI=1S/C11H17N3O/c1-9-6-10(14-8-13-9)15-7-11(12)4-2-3-5-11/h6,8H,2-5,7,12H2,1H3.